The lowest BCUT2D eigenvalue weighted by molar-refractivity contribution is -0.119. The van der Waals surface area contributed by atoms with Crippen LogP contribution >= 0.6 is 0 Å². The molecule has 2 aliphatic heterocycles. The van der Waals surface area contributed by atoms with Gasteiger partial charge in [-0.15, -0.1) is 0 Å². The molecule has 1 aromatic carbocycles. The Labute approximate surface area is 112 Å². The van der Waals surface area contributed by atoms with Gasteiger partial charge in [-0.2, -0.15) is 0 Å². The molecule has 0 aliphatic carbocycles. The third-order valence-electron chi connectivity index (χ3n) is 4.09. The third-order valence-corrected chi connectivity index (χ3v) is 4.09. The molecule has 1 fully saturated rings. The summed E-state index contributed by atoms with van der Waals surface area (Å²) in [5.74, 6) is 0.343. The minimum absolute atomic E-state index is 0.128. The monoisotopic (exact) mass is 262 g/mol. The lowest BCUT2D eigenvalue weighted by atomic mass is 9.95. The molecule has 0 bridgehead atoms. The summed E-state index contributed by atoms with van der Waals surface area (Å²) in [6, 6.07) is 4.79. The van der Waals surface area contributed by atoms with E-state index in [-0.39, 0.29) is 11.7 Å². The van der Waals surface area contributed by atoms with Crippen LogP contribution < -0.4 is 10.2 Å². The number of aryl methyl sites for hydroxylation is 1. The molecule has 1 atom stereocenters. The lowest BCUT2D eigenvalue weighted by Crippen LogP contribution is -2.43. The maximum Gasteiger partial charge on any atom is 0.227 e. The maximum atomic E-state index is 13.4. The van der Waals surface area contributed by atoms with Crippen LogP contribution in [0, 0.1) is 11.7 Å². The van der Waals surface area contributed by atoms with Crippen LogP contribution in [0.1, 0.15) is 24.8 Å². The van der Waals surface area contributed by atoms with E-state index in [0.29, 0.717) is 18.9 Å². The van der Waals surface area contributed by atoms with Crippen LogP contribution in [0.5, 0.6) is 0 Å². The molecule has 0 aromatic heterocycles. The number of halogens is 1. The van der Waals surface area contributed by atoms with E-state index in [1.165, 1.54) is 12.1 Å². The zero-order chi connectivity index (χ0) is 13.2. The highest BCUT2D eigenvalue weighted by Crippen LogP contribution is 2.30. The number of rotatable bonds is 2. The summed E-state index contributed by atoms with van der Waals surface area (Å²) >= 11 is 0. The summed E-state index contributed by atoms with van der Waals surface area (Å²) in [5, 5.41) is 3.36. The Balaban J connectivity index is 1.83. The highest BCUT2D eigenvalue weighted by atomic mass is 19.1. The number of benzene rings is 1. The van der Waals surface area contributed by atoms with Crippen molar-refractivity contribution in [1.82, 2.24) is 5.32 Å². The van der Waals surface area contributed by atoms with Crippen molar-refractivity contribution in [3.05, 3.63) is 29.6 Å². The number of anilines is 1. The fourth-order valence-electron chi connectivity index (χ4n) is 3.05. The number of hydrogen-bond donors (Lipinski definition) is 1. The number of nitrogens with one attached hydrogen (secondary N) is 1. The van der Waals surface area contributed by atoms with Gasteiger partial charge in [0.25, 0.3) is 0 Å². The molecule has 1 aromatic rings. The van der Waals surface area contributed by atoms with Crippen molar-refractivity contribution in [3.63, 3.8) is 0 Å². The molecule has 2 heterocycles. The molecule has 4 heteroatoms. The Kier molecular flexibility index (Phi) is 3.51. The average molecular weight is 262 g/mol. The van der Waals surface area contributed by atoms with Crippen LogP contribution in [0.15, 0.2) is 18.2 Å². The largest absolute Gasteiger partial charge is 0.316 e. The summed E-state index contributed by atoms with van der Waals surface area (Å²) in [4.78, 5) is 13.9. The predicted molar refractivity (Wildman–Crippen MR) is 72.7 cm³/mol. The SMILES string of the molecule is O=C1CCc2ccc(F)cc2N1CC1CCCNC1. The van der Waals surface area contributed by atoms with E-state index in [1.54, 1.807) is 4.90 Å². The van der Waals surface area contributed by atoms with E-state index in [0.717, 1.165) is 43.6 Å². The van der Waals surface area contributed by atoms with Gasteiger partial charge >= 0.3 is 0 Å². The number of fused-ring (bicyclic) bond motifs is 1. The highest BCUT2D eigenvalue weighted by Gasteiger charge is 2.27. The molecule has 1 saturated heterocycles. The number of carbonyl (C=O) groups excluding carboxylic acids is 1. The first kappa shape index (κ1) is 12.6. The molecular formula is C15H19FN2O. The summed E-state index contributed by atoms with van der Waals surface area (Å²) in [6.45, 7) is 2.73. The van der Waals surface area contributed by atoms with Crippen molar-refractivity contribution in [2.75, 3.05) is 24.5 Å². The van der Waals surface area contributed by atoms with Crippen LogP contribution in [0.3, 0.4) is 0 Å². The summed E-state index contributed by atoms with van der Waals surface area (Å²) in [7, 11) is 0. The van der Waals surface area contributed by atoms with Crippen molar-refractivity contribution >= 4 is 11.6 Å². The molecule has 1 unspecified atom stereocenters. The molecule has 3 nitrogen and oxygen atoms in total. The van der Waals surface area contributed by atoms with Gasteiger partial charge < -0.3 is 10.2 Å². The van der Waals surface area contributed by atoms with Crippen molar-refractivity contribution < 1.29 is 9.18 Å². The van der Waals surface area contributed by atoms with E-state index >= 15 is 0 Å². The van der Waals surface area contributed by atoms with Crippen LogP contribution in [0.2, 0.25) is 0 Å². The predicted octanol–water partition coefficient (Wildman–Crippen LogP) is 2.10. The Bertz CT molecular complexity index is 483. The highest BCUT2D eigenvalue weighted by molar-refractivity contribution is 5.96. The van der Waals surface area contributed by atoms with Gasteiger partial charge in [-0.1, -0.05) is 6.07 Å². The topological polar surface area (TPSA) is 32.3 Å². The second kappa shape index (κ2) is 5.29. The van der Waals surface area contributed by atoms with Crippen LogP contribution in [0.4, 0.5) is 10.1 Å². The average Bonchev–Trinajstić information content (AvgIpc) is 2.43. The normalized spacial score (nSPS) is 23.3. The fraction of sp³-hybridized carbons (Fsp3) is 0.533. The van der Waals surface area contributed by atoms with E-state index in [1.807, 2.05) is 6.07 Å². The summed E-state index contributed by atoms with van der Waals surface area (Å²) < 4.78 is 13.4. The number of piperidine rings is 1. The smallest absolute Gasteiger partial charge is 0.227 e. The molecule has 3 rings (SSSR count). The van der Waals surface area contributed by atoms with Gasteiger partial charge in [0.15, 0.2) is 0 Å². The van der Waals surface area contributed by atoms with E-state index in [4.69, 9.17) is 0 Å². The molecule has 1 amide bonds. The number of hydrogen-bond acceptors (Lipinski definition) is 2. The van der Waals surface area contributed by atoms with Gasteiger partial charge in [0, 0.05) is 18.7 Å². The Morgan fingerprint density at radius 3 is 3.05 bits per heavy atom. The molecule has 1 N–H and O–H groups in total. The van der Waals surface area contributed by atoms with E-state index in [9.17, 15) is 9.18 Å². The Morgan fingerprint density at radius 1 is 1.37 bits per heavy atom. The van der Waals surface area contributed by atoms with Gasteiger partial charge in [-0.25, -0.2) is 4.39 Å². The van der Waals surface area contributed by atoms with Gasteiger partial charge in [0.2, 0.25) is 5.91 Å². The number of nitrogens with zero attached hydrogens (tertiary/aromatic N) is 1. The van der Waals surface area contributed by atoms with Crippen molar-refractivity contribution in [2.45, 2.75) is 25.7 Å². The van der Waals surface area contributed by atoms with Crippen LogP contribution in [-0.4, -0.2) is 25.5 Å². The molecule has 0 spiro atoms. The van der Waals surface area contributed by atoms with Crippen LogP contribution in [-0.2, 0) is 11.2 Å². The third kappa shape index (κ3) is 2.63. The maximum absolute atomic E-state index is 13.4. The second-order valence-corrected chi connectivity index (χ2v) is 5.49. The molecule has 0 saturated carbocycles. The zero-order valence-electron chi connectivity index (χ0n) is 11.0. The lowest BCUT2D eigenvalue weighted by Gasteiger charge is -2.34. The number of amides is 1. The van der Waals surface area contributed by atoms with Crippen LogP contribution in [0.25, 0.3) is 0 Å². The van der Waals surface area contributed by atoms with Gasteiger partial charge in [0.05, 0.1) is 0 Å². The summed E-state index contributed by atoms with van der Waals surface area (Å²) in [6.07, 6.45) is 3.57. The minimum atomic E-state index is -0.264. The van der Waals surface area contributed by atoms with Gasteiger partial charge in [-0.05, 0) is 56.0 Å². The minimum Gasteiger partial charge on any atom is -0.316 e. The molecule has 102 valence electrons. The van der Waals surface area contributed by atoms with Crippen molar-refractivity contribution in [3.8, 4) is 0 Å². The Morgan fingerprint density at radius 2 is 2.26 bits per heavy atom. The molecule has 2 aliphatic rings. The standard InChI is InChI=1S/C15H19FN2O/c16-13-5-3-12-4-6-15(19)18(14(12)8-13)10-11-2-1-7-17-9-11/h3,5,8,11,17H,1-2,4,6-7,9-10H2. The first-order valence-electron chi connectivity index (χ1n) is 7.03. The van der Waals surface area contributed by atoms with Gasteiger partial charge in [0.1, 0.15) is 5.82 Å². The van der Waals surface area contributed by atoms with Crippen molar-refractivity contribution in [1.29, 1.82) is 0 Å². The van der Waals surface area contributed by atoms with E-state index < -0.39 is 0 Å². The molecule has 19 heavy (non-hydrogen) atoms. The Hall–Kier alpha value is -1.42. The molecule has 0 radical (unpaired) electrons. The van der Waals surface area contributed by atoms with Gasteiger partial charge in [-0.3, -0.25) is 4.79 Å². The fourth-order valence-corrected chi connectivity index (χ4v) is 3.05. The first-order valence-corrected chi connectivity index (χ1v) is 7.03. The second-order valence-electron chi connectivity index (χ2n) is 5.49. The zero-order valence-corrected chi connectivity index (χ0v) is 11.0. The quantitative estimate of drug-likeness (QED) is 0.885. The number of carbonyl (C=O) groups is 1. The van der Waals surface area contributed by atoms with E-state index in [2.05, 4.69) is 5.32 Å². The molecular weight excluding hydrogens is 243 g/mol. The van der Waals surface area contributed by atoms with Crippen molar-refractivity contribution in [2.24, 2.45) is 5.92 Å². The summed E-state index contributed by atoms with van der Waals surface area (Å²) in [5.41, 5.74) is 1.87. The first-order chi connectivity index (χ1) is 9.24.